The molecule has 1 aromatic heterocycles. The summed E-state index contributed by atoms with van der Waals surface area (Å²) in [6, 6.07) is 16.6. The third-order valence-electron chi connectivity index (χ3n) is 5.71. The van der Waals surface area contributed by atoms with E-state index in [1.165, 1.54) is 23.1 Å². The Morgan fingerprint density at radius 1 is 1.03 bits per heavy atom. The Morgan fingerprint density at radius 3 is 2.39 bits per heavy atom. The summed E-state index contributed by atoms with van der Waals surface area (Å²) in [7, 11) is 1.92. The Hall–Kier alpha value is -3.62. The molecule has 2 heterocycles. The van der Waals surface area contributed by atoms with Crippen molar-refractivity contribution in [2.45, 2.75) is 25.1 Å². The van der Waals surface area contributed by atoms with Gasteiger partial charge in [0, 0.05) is 38.1 Å². The molecule has 3 aromatic rings. The zero-order valence-corrected chi connectivity index (χ0v) is 18.1. The zero-order chi connectivity index (χ0) is 23.4. The minimum absolute atomic E-state index is 0.0178. The maximum atomic E-state index is 13.3. The molecule has 0 spiro atoms. The predicted octanol–water partition coefficient (Wildman–Crippen LogP) is 4.98. The molecule has 0 atom stereocenters. The van der Waals surface area contributed by atoms with E-state index in [9.17, 15) is 18.0 Å². The van der Waals surface area contributed by atoms with Crippen LogP contribution in [0.25, 0.3) is 0 Å². The lowest BCUT2D eigenvalue weighted by molar-refractivity contribution is -0.138. The second kappa shape index (κ2) is 9.48. The molecule has 172 valence electrons. The molecule has 6 nitrogen and oxygen atoms in total. The number of anilines is 3. The second-order valence-electron chi connectivity index (χ2n) is 7.89. The van der Waals surface area contributed by atoms with Crippen molar-refractivity contribution >= 4 is 23.4 Å². The Bertz CT molecular complexity index is 1100. The SMILES string of the molecule is CN(c1ccccc1)c1ccnc(NC2CCN(C(=O)c3ccccc3C(F)(F)F)CC2)n1. The Morgan fingerprint density at radius 2 is 1.70 bits per heavy atom. The van der Waals surface area contributed by atoms with Crippen molar-refractivity contribution in [3.05, 3.63) is 78.0 Å². The molecule has 1 amide bonds. The highest BCUT2D eigenvalue weighted by Crippen LogP contribution is 2.33. The minimum atomic E-state index is -4.57. The number of hydrogen-bond donors (Lipinski definition) is 1. The number of benzene rings is 2. The van der Waals surface area contributed by atoms with Crippen LogP contribution in [0.2, 0.25) is 0 Å². The first-order valence-corrected chi connectivity index (χ1v) is 10.7. The number of likely N-dealkylation sites (tertiary alicyclic amines) is 1. The first-order chi connectivity index (χ1) is 15.8. The van der Waals surface area contributed by atoms with Gasteiger partial charge in [0.05, 0.1) is 11.1 Å². The van der Waals surface area contributed by atoms with Crippen LogP contribution in [0, 0.1) is 0 Å². The number of piperidine rings is 1. The lowest BCUT2D eigenvalue weighted by Gasteiger charge is -2.33. The van der Waals surface area contributed by atoms with Crippen molar-refractivity contribution in [1.29, 1.82) is 0 Å². The lowest BCUT2D eigenvalue weighted by atomic mass is 10.0. The fourth-order valence-corrected chi connectivity index (χ4v) is 3.89. The lowest BCUT2D eigenvalue weighted by Crippen LogP contribution is -2.43. The molecule has 0 unspecified atom stereocenters. The average Bonchev–Trinajstić information content (AvgIpc) is 2.84. The molecule has 0 radical (unpaired) electrons. The summed E-state index contributed by atoms with van der Waals surface area (Å²) in [6.07, 6.45) is -1.72. The summed E-state index contributed by atoms with van der Waals surface area (Å²) in [4.78, 5) is 25.1. The van der Waals surface area contributed by atoms with Crippen molar-refractivity contribution in [1.82, 2.24) is 14.9 Å². The number of aromatic nitrogens is 2. The van der Waals surface area contributed by atoms with E-state index in [1.54, 1.807) is 6.20 Å². The normalized spacial score (nSPS) is 14.7. The molecule has 2 aromatic carbocycles. The van der Waals surface area contributed by atoms with Crippen molar-refractivity contribution in [3.8, 4) is 0 Å². The van der Waals surface area contributed by atoms with E-state index in [-0.39, 0.29) is 11.6 Å². The van der Waals surface area contributed by atoms with Crippen LogP contribution >= 0.6 is 0 Å². The van der Waals surface area contributed by atoms with E-state index in [0.29, 0.717) is 31.9 Å². The molecule has 33 heavy (non-hydrogen) atoms. The number of nitrogens with zero attached hydrogens (tertiary/aromatic N) is 4. The standard InChI is InChI=1S/C24H24F3N5O/c1-31(18-7-3-2-4-8-18)21-11-14-28-23(30-21)29-17-12-15-32(16-13-17)22(33)19-9-5-6-10-20(19)24(25,26)27/h2-11,14,17H,12-13,15-16H2,1H3,(H,28,29,30). The predicted molar refractivity (Wildman–Crippen MR) is 121 cm³/mol. The van der Waals surface area contributed by atoms with Gasteiger partial charge in [-0.2, -0.15) is 18.2 Å². The topological polar surface area (TPSA) is 61.4 Å². The van der Waals surface area contributed by atoms with Crippen LogP contribution < -0.4 is 10.2 Å². The van der Waals surface area contributed by atoms with Gasteiger partial charge in [-0.3, -0.25) is 4.79 Å². The fourth-order valence-electron chi connectivity index (χ4n) is 3.89. The minimum Gasteiger partial charge on any atom is -0.351 e. The monoisotopic (exact) mass is 455 g/mol. The molecule has 1 aliphatic heterocycles. The van der Waals surface area contributed by atoms with E-state index >= 15 is 0 Å². The van der Waals surface area contributed by atoms with E-state index in [0.717, 1.165) is 17.6 Å². The third-order valence-corrected chi connectivity index (χ3v) is 5.71. The van der Waals surface area contributed by atoms with Gasteiger partial charge in [-0.25, -0.2) is 4.98 Å². The summed E-state index contributed by atoms with van der Waals surface area (Å²) in [5, 5.41) is 3.30. The van der Waals surface area contributed by atoms with Gasteiger partial charge in [0.15, 0.2) is 0 Å². The fraction of sp³-hybridized carbons (Fsp3) is 0.292. The number of carbonyl (C=O) groups excluding carboxylic acids is 1. The summed E-state index contributed by atoms with van der Waals surface area (Å²) in [5.41, 5.74) is -0.215. The molecular formula is C24H24F3N5O. The van der Waals surface area contributed by atoms with E-state index in [1.807, 2.05) is 48.3 Å². The summed E-state index contributed by atoms with van der Waals surface area (Å²) < 4.78 is 39.8. The number of carbonyl (C=O) groups is 1. The first kappa shape index (κ1) is 22.6. The molecule has 1 aliphatic rings. The van der Waals surface area contributed by atoms with Crippen LogP contribution in [-0.4, -0.2) is 47.0 Å². The second-order valence-corrected chi connectivity index (χ2v) is 7.89. The Balaban J connectivity index is 1.38. The van der Waals surface area contributed by atoms with E-state index in [2.05, 4.69) is 15.3 Å². The van der Waals surface area contributed by atoms with Crippen molar-refractivity contribution in [2.24, 2.45) is 0 Å². The molecule has 4 rings (SSSR count). The maximum Gasteiger partial charge on any atom is 0.417 e. The smallest absolute Gasteiger partial charge is 0.351 e. The first-order valence-electron chi connectivity index (χ1n) is 10.7. The average molecular weight is 455 g/mol. The number of halogens is 3. The van der Waals surface area contributed by atoms with Gasteiger partial charge >= 0.3 is 6.18 Å². The van der Waals surface area contributed by atoms with Gasteiger partial charge in [0.25, 0.3) is 5.91 Å². The van der Waals surface area contributed by atoms with Gasteiger partial charge in [-0.1, -0.05) is 30.3 Å². The highest BCUT2D eigenvalue weighted by Gasteiger charge is 2.36. The van der Waals surface area contributed by atoms with Crippen LogP contribution in [0.1, 0.15) is 28.8 Å². The van der Waals surface area contributed by atoms with Gasteiger partial charge in [0.2, 0.25) is 5.95 Å². The number of alkyl halides is 3. The highest BCUT2D eigenvalue weighted by atomic mass is 19.4. The van der Waals surface area contributed by atoms with Crippen LogP contribution in [0.5, 0.6) is 0 Å². The van der Waals surface area contributed by atoms with Crippen LogP contribution in [0.15, 0.2) is 66.9 Å². The summed E-state index contributed by atoms with van der Waals surface area (Å²) in [6.45, 7) is 0.707. The molecule has 1 fully saturated rings. The highest BCUT2D eigenvalue weighted by molar-refractivity contribution is 5.96. The number of rotatable bonds is 5. The van der Waals surface area contributed by atoms with Gasteiger partial charge in [0.1, 0.15) is 5.82 Å². The molecule has 1 N–H and O–H groups in total. The molecule has 0 bridgehead atoms. The van der Waals surface area contributed by atoms with Crippen molar-refractivity contribution in [3.63, 3.8) is 0 Å². The summed E-state index contributed by atoms with van der Waals surface area (Å²) >= 11 is 0. The number of amides is 1. The molecule has 1 saturated heterocycles. The zero-order valence-electron chi connectivity index (χ0n) is 18.1. The van der Waals surface area contributed by atoms with Gasteiger partial charge in [-0.15, -0.1) is 0 Å². The molecule has 0 aliphatic carbocycles. The van der Waals surface area contributed by atoms with E-state index in [4.69, 9.17) is 0 Å². The molecular weight excluding hydrogens is 431 g/mol. The van der Waals surface area contributed by atoms with Gasteiger partial charge in [-0.05, 0) is 43.2 Å². The quantitative estimate of drug-likeness (QED) is 0.588. The van der Waals surface area contributed by atoms with Gasteiger partial charge < -0.3 is 15.1 Å². The molecule has 9 heteroatoms. The largest absolute Gasteiger partial charge is 0.417 e. The maximum absolute atomic E-state index is 13.3. The van der Waals surface area contributed by atoms with Crippen LogP contribution in [0.3, 0.4) is 0 Å². The van der Waals surface area contributed by atoms with E-state index < -0.39 is 17.6 Å². The van der Waals surface area contributed by atoms with Crippen LogP contribution in [-0.2, 0) is 6.18 Å². The number of para-hydroxylation sites is 1. The third kappa shape index (κ3) is 5.24. The Kier molecular flexibility index (Phi) is 6.48. The number of nitrogens with one attached hydrogen (secondary N) is 1. The molecule has 0 saturated carbocycles. The van der Waals surface area contributed by atoms with Crippen molar-refractivity contribution < 1.29 is 18.0 Å². The van der Waals surface area contributed by atoms with Crippen molar-refractivity contribution in [2.75, 3.05) is 30.4 Å². The number of hydrogen-bond acceptors (Lipinski definition) is 5. The Labute approximate surface area is 190 Å². The summed E-state index contributed by atoms with van der Waals surface area (Å²) in [5.74, 6) is 0.613. The van der Waals surface area contributed by atoms with Crippen LogP contribution in [0.4, 0.5) is 30.6 Å².